The zero-order chi connectivity index (χ0) is 15.5. The fraction of sp³-hybridized carbons (Fsp3) is 0.467. The van der Waals surface area contributed by atoms with Gasteiger partial charge in [0.05, 0.1) is 13.7 Å². The largest absolute Gasteiger partial charge is 0.497 e. The van der Waals surface area contributed by atoms with E-state index in [1.807, 2.05) is 24.3 Å². The van der Waals surface area contributed by atoms with Crippen LogP contribution in [-0.2, 0) is 9.53 Å². The van der Waals surface area contributed by atoms with E-state index in [1.54, 1.807) is 14.0 Å². The monoisotopic (exact) mass is 292 g/mol. The Morgan fingerprint density at radius 1 is 1.33 bits per heavy atom. The molecule has 6 nitrogen and oxygen atoms in total. The van der Waals surface area contributed by atoms with Crippen LogP contribution in [0.15, 0.2) is 24.3 Å². The highest BCUT2D eigenvalue weighted by Crippen LogP contribution is 2.52. The maximum atomic E-state index is 12.2. The zero-order valence-corrected chi connectivity index (χ0v) is 12.4. The van der Waals surface area contributed by atoms with Crippen LogP contribution in [0.3, 0.4) is 0 Å². The van der Waals surface area contributed by atoms with Crippen LogP contribution in [0.5, 0.6) is 5.75 Å². The molecule has 1 aromatic rings. The number of carbonyl (C=O) groups is 2. The Labute approximate surface area is 123 Å². The number of nitrogens with one attached hydrogen (secondary N) is 2. The number of urea groups is 1. The van der Waals surface area contributed by atoms with E-state index in [2.05, 4.69) is 10.6 Å². The first-order valence-electron chi connectivity index (χ1n) is 6.88. The summed E-state index contributed by atoms with van der Waals surface area (Å²) < 4.78 is 10.2. The van der Waals surface area contributed by atoms with Crippen molar-refractivity contribution in [1.29, 1.82) is 0 Å². The Balaban J connectivity index is 2.19. The summed E-state index contributed by atoms with van der Waals surface area (Å²) >= 11 is 0. The van der Waals surface area contributed by atoms with Gasteiger partial charge in [-0.3, -0.25) is 0 Å². The number of amides is 2. The minimum Gasteiger partial charge on any atom is -0.497 e. The van der Waals surface area contributed by atoms with Crippen molar-refractivity contribution in [2.24, 2.45) is 0 Å². The van der Waals surface area contributed by atoms with E-state index in [1.165, 1.54) is 7.05 Å². The van der Waals surface area contributed by atoms with Crippen LogP contribution in [-0.4, -0.2) is 38.3 Å². The molecule has 2 atom stereocenters. The third-order valence-electron chi connectivity index (χ3n) is 3.68. The van der Waals surface area contributed by atoms with Crippen molar-refractivity contribution < 1.29 is 19.1 Å². The SMILES string of the molecule is CCOC(=O)C1(NC(=O)NC)CC1c1ccc(OC)cc1. The van der Waals surface area contributed by atoms with Crippen LogP contribution in [0.1, 0.15) is 24.8 Å². The van der Waals surface area contributed by atoms with Gasteiger partial charge in [-0.25, -0.2) is 9.59 Å². The van der Waals surface area contributed by atoms with E-state index in [-0.39, 0.29) is 18.6 Å². The van der Waals surface area contributed by atoms with Gasteiger partial charge in [0, 0.05) is 13.0 Å². The van der Waals surface area contributed by atoms with Gasteiger partial charge in [0.15, 0.2) is 0 Å². The van der Waals surface area contributed by atoms with Crippen LogP contribution in [0.25, 0.3) is 0 Å². The quantitative estimate of drug-likeness (QED) is 0.805. The smallest absolute Gasteiger partial charge is 0.332 e. The van der Waals surface area contributed by atoms with Gasteiger partial charge >= 0.3 is 12.0 Å². The molecule has 21 heavy (non-hydrogen) atoms. The van der Waals surface area contributed by atoms with Crippen LogP contribution in [0.4, 0.5) is 4.79 Å². The number of carbonyl (C=O) groups excluding carboxylic acids is 2. The van der Waals surface area contributed by atoms with E-state index in [0.29, 0.717) is 6.42 Å². The number of benzene rings is 1. The van der Waals surface area contributed by atoms with Crippen LogP contribution in [0, 0.1) is 0 Å². The fourth-order valence-corrected chi connectivity index (χ4v) is 2.44. The van der Waals surface area contributed by atoms with E-state index < -0.39 is 11.5 Å². The molecule has 114 valence electrons. The minimum atomic E-state index is -0.968. The molecule has 2 rings (SSSR count). The van der Waals surface area contributed by atoms with Crippen molar-refractivity contribution in [1.82, 2.24) is 10.6 Å². The first-order valence-corrected chi connectivity index (χ1v) is 6.88. The maximum Gasteiger partial charge on any atom is 0.332 e. The standard InChI is InChI=1S/C15H20N2O4/c1-4-21-13(18)15(17-14(19)16-2)9-12(15)10-5-7-11(20-3)8-6-10/h5-8,12H,4,9H2,1-3H3,(H2,16,17,19). The maximum absolute atomic E-state index is 12.2. The summed E-state index contributed by atoms with van der Waals surface area (Å²) in [6, 6.07) is 7.08. The molecule has 0 bridgehead atoms. The summed E-state index contributed by atoms with van der Waals surface area (Å²) in [5.41, 5.74) is 0.00489. The molecule has 0 saturated heterocycles. The average molecular weight is 292 g/mol. The van der Waals surface area contributed by atoms with Crippen LogP contribution < -0.4 is 15.4 Å². The molecule has 0 spiro atoms. The molecule has 1 aromatic carbocycles. The Hall–Kier alpha value is -2.24. The lowest BCUT2D eigenvalue weighted by Crippen LogP contribution is -2.48. The van der Waals surface area contributed by atoms with Gasteiger partial charge in [0.1, 0.15) is 11.3 Å². The first kappa shape index (κ1) is 15.2. The van der Waals surface area contributed by atoms with E-state index in [4.69, 9.17) is 9.47 Å². The van der Waals surface area contributed by atoms with Gasteiger partial charge in [-0.05, 0) is 31.0 Å². The van der Waals surface area contributed by atoms with Crippen molar-refractivity contribution in [2.45, 2.75) is 24.8 Å². The summed E-state index contributed by atoms with van der Waals surface area (Å²) in [6.45, 7) is 2.03. The van der Waals surface area contributed by atoms with E-state index >= 15 is 0 Å². The highest BCUT2D eigenvalue weighted by atomic mass is 16.5. The third kappa shape index (κ3) is 2.94. The summed E-state index contributed by atoms with van der Waals surface area (Å²) in [6.07, 6.45) is 0.533. The lowest BCUT2D eigenvalue weighted by molar-refractivity contribution is -0.146. The van der Waals surface area contributed by atoms with Crippen molar-refractivity contribution in [2.75, 3.05) is 20.8 Å². The second kappa shape index (κ2) is 6.03. The van der Waals surface area contributed by atoms with Gasteiger partial charge in [0.25, 0.3) is 0 Å². The van der Waals surface area contributed by atoms with E-state index in [0.717, 1.165) is 11.3 Å². The van der Waals surface area contributed by atoms with Crippen molar-refractivity contribution in [3.63, 3.8) is 0 Å². The molecule has 1 fully saturated rings. The minimum absolute atomic E-state index is 0.0836. The van der Waals surface area contributed by atoms with Gasteiger partial charge in [-0.1, -0.05) is 12.1 Å². The van der Waals surface area contributed by atoms with Gasteiger partial charge in [-0.15, -0.1) is 0 Å². The molecule has 2 amide bonds. The molecule has 0 aliphatic heterocycles. The molecule has 6 heteroatoms. The molecule has 0 aromatic heterocycles. The highest BCUT2D eigenvalue weighted by molar-refractivity contribution is 5.92. The molecule has 0 heterocycles. The zero-order valence-electron chi connectivity index (χ0n) is 12.4. The molecule has 2 unspecified atom stereocenters. The average Bonchev–Trinajstić information content (AvgIpc) is 3.23. The number of hydrogen-bond acceptors (Lipinski definition) is 4. The Morgan fingerprint density at radius 3 is 2.52 bits per heavy atom. The molecular formula is C15H20N2O4. The third-order valence-corrected chi connectivity index (χ3v) is 3.68. The molecular weight excluding hydrogens is 272 g/mol. The van der Waals surface area contributed by atoms with Gasteiger partial charge in [-0.2, -0.15) is 0 Å². The second-order valence-corrected chi connectivity index (χ2v) is 4.93. The number of methoxy groups -OCH3 is 1. The summed E-state index contributed by atoms with van der Waals surface area (Å²) in [4.78, 5) is 23.8. The topological polar surface area (TPSA) is 76.7 Å². The molecule has 1 aliphatic carbocycles. The number of rotatable bonds is 5. The first-order chi connectivity index (χ1) is 10.1. The Kier molecular flexibility index (Phi) is 4.35. The second-order valence-electron chi connectivity index (χ2n) is 4.93. The molecule has 1 aliphatic rings. The summed E-state index contributed by atoms with van der Waals surface area (Å²) in [5, 5.41) is 5.19. The van der Waals surface area contributed by atoms with E-state index in [9.17, 15) is 9.59 Å². The lowest BCUT2D eigenvalue weighted by atomic mass is 10.1. The fourth-order valence-electron chi connectivity index (χ4n) is 2.44. The van der Waals surface area contributed by atoms with Gasteiger partial charge < -0.3 is 20.1 Å². The van der Waals surface area contributed by atoms with Crippen LogP contribution >= 0.6 is 0 Å². The predicted molar refractivity (Wildman–Crippen MR) is 77.3 cm³/mol. The van der Waals surface area contributed by atoms with Gasteiger partial charge in [0.2, 0.25) is 0 Å². The van der Waals surface area contributed by atoms with Crippen molar-refractivity contribution >= 4 is 12.0 Å². The lowest BCUT2D eigenvalue weighted by Gasteiger charge is -2.18. The molecule has 0 radical (unpaired) electrons. The normalized spacial score (nSPS) is 23.1. The van der Waals surface area contributed by atoms with Crippen molar-refractivity contribution in [3.8, 4) is 5.75 Å². The number of esters is 1. The van der Waals surface area contributed by atoms with Crippen LogP contribution in [0.2, 0.25) is 0 Å². The number of ether oxygens (including phenoxy) is 2. The Morgan fingerprint density at radius 2 is 2.00 bits per heavy atom. The summed E-state index contributed by atoms with van der Waals surface area (Å²) in [5.74, 6) is 0.273. The molecule has 1 saturated carbocycles. The Bertz CT molecular complexity index is 529. The van der Waals surface area contributed by atoms with Crippen molar-refractivity contribution in [3.05, 3.63) is 29.8 Å². The highest BCUT2D eigenvalue weighted by Gasteiger charge is 2.63. The summed E-state index contributed by atoms with van der Waals surface area (Å²) in [7, 11) is 3.11. The predicted octanol–water partition coefficient (Wildman–Crippen LogP) is 1.41. The molecule has 2 N–H and O–H groups in total. The number of hydrogen-bond donors (Lipinski definition) is 2.